The maximum absolute atomic E-state index is 12.2. The molecule has 0 aliphatic carbocycles. The molecule has 0 bridgehead atoms. The Hall–Kier alpha value is -1.68. The molecule has 1 amide bonds. The highest BCUT2D eigenvalue weighted by molar-refractivity contribution is 5.90. The molecule has 0 aromatic heterocycles. The van der Waals surface area contributed by atoms with E-state index in [2.05, 4.69) is 0 Å². The molecule has 0 saturated carbocycles. The molecule has 1 N–H and O–H groups in total. The molecule has 1 saturated heterocycles. The standard InChI is InChI=1S/C14H17NO3/c1-10(16)12-8-5-9-15(12)14(18)13(17)11-6-3-2-4-7-11/h2-4,6-7,12-13,17H,5,8-9H2,1H3/t12-,13-/m0/s1. The summed E-state index contributed by atoms with van der Waals surface area (Å²) in [5, 5.41) is 10.0. The minimum Gasteiger partial charge on any atom is -0.378 e. The molecule has 1 aromatic carbocycles. The zero-order chi connectivity index (χ0) is 13.1. The van der Waals surface area contributed by atoms with Crippen LogP contribution in [0.25, 0.3) is 0 Å². The van der Waals surface area contributed by atoms with Crippen molar-refractivity contribution in [2.45, 2.75) is 31.9 Å². The quantitative estimate of drug-likeness (QED) is 0.876. The van der Waals surface area contributed by atoms with E-state index in [0.717, 1.165) is 6.42 Å². The molecule has 4 heteroatoms. The molecule has 0 unspecified atom stereocenters. The van der Waals surface area contributed by atoms with Crippen molar-refractivity contribution in [3.63, 3.8) is 0 Å². The second kappa shape index (κ2) is 5.31. The van der Waals surface area contributed by atoms with Crippen LogP contribution in [0.15, 0.2) is 30.3 Å². The number of hydrogen-bond acceptors (Lipinski definition) is 3. The van der Waals surface area contributed by atoms with Gasteiger partial charge >= 0.3 is 0 Å². The lowest BCUT2D eigenvalue weighted by Crippen LogP contribution is -2.42. The van der Waals surface area contributed by atoms with Gasteiger partial charge < -0.3 is 10.0 Å². The summed E-state index contributed by atoms with van der Waals surface area (Å²) < 4.78 is 0. The second-order valence-corrected chi connectivity index (χ2v) is 4.61. The minimum absolute atomic E-state index is 0.0129. The van der Waals surface area contributed by atoms with Gasteiger partial charge in [0, 0.05) is 6.54 Å². The van der Waals surface area contributed by atoms with Crippen molar-refractivity contribution >= 4 is 11.7 Å². The molecule has 18 heavy (non-hydrogen) atoms. The number of hydrogen-bond donors (Lipinski definition) is 1. The molecule has 96 valence electrons. The maximum Gasteiger partial charge on any atom is 0.256 e. The Morgan fingerprint density at radius 2 is 2.00 bits per heavy atom. The van der Waals surface area contributed by atoms with E-state index < -0.39 is 6.10 Å². The van der Waals surface area contributed by atoms with E-state index >= 15 is 0 Å². The molecular weight excluding hydrogens is 230 g/mol. The molecule has 2 rings (SSSR count). The van der Waals surface area contributed by atoms with Crippen LogP contribution in [0, 0.1) is 0 Å². The maximum atomic E-state index is 12.2. The minimum atomic E-state index is -1.17. The van der Waals surface area contributed by atoms with Crippen molar-refractivity contribution in [2.75, 3.05) is 6.54 Å². The number of amides is 1. The first kappa shape index (κ1) is 12.8. The predicted octanol–water partition coefficient (Wildman–Crippen LogP) is 1.30. The fourth-order valence-corrected chi connectivity index (χ4v) is 2.39. The Labute approximate surface area is 106 Å². The summed E-state index contributed by atoms with van der Waals surface area (Å²) in [6, 6.07) is 8.43. The largest absolute Gasteiger partial charge is 0.378 e. The molecular formula is C14H17NO3. The first-order valence-electron chi connectivity index (χ1n) is 6.15. The molecule has 1 aliphatic heterocycles. The van der Waals surface area contributed by atoms with Crippen LogP contribution in [0.2, 0.25) is 0 Å². The lowest BCUT2D eigenvalue weighted by molar-refractivity contribution is -0.144. The molecule has 1 fully saturated rings. The molecule has 1 heterocycles. The Kier molecular flexibility index (Phi) is 3.77. The van der Waals surface area contributed by atoms with Crippen molar-refractivity contribution in [2.24, 2.45) is 0 Å². The zero-order valence-corrected chi connectivity index (χ0v) is 10.4. The SMILES string of the molecule is CC(=O)[C@@H]1CCCN1C(=O)[C@@H](O)c1ccccc1. The summed E-state index contributed by atoms with van der Waals surface area (Å²) in [4.78, 5) is 25.1. The number of carbonyl (C=O) groups excluding carboxylic acids is 2. The second-order valence-electron chi connectivity index (χ2n) is 4.61. The number of Topliss-reactive ketones (excluding diaryl/α,β-unsaturated/α-hetero) is 1. The normalized spacial score (nSPS) is 20.8. The fourth-order valence-electron chi connectivity index (χ4n) is 2.39. The van der Waals surface area contributed by atoms with Crippen molar-refractivity contribution in [1.82, 2.24) is 4.90 Å². The number of nitrogens with zero attached hydrogens (tertiary/aromatic N) is 1. The van der Waals surface area contributed by atoms with Crippen molar-refractivity contribution in [1.29, 1.82) is 0 Å². The average molecular weight is 247 g/mol. The summed E-state index contributed by atoms with van der Waals surface area (Å²) >= 11 is 0. The monoisotopic (exact) mass is 247 g/mol. The van der Waals surface area contributed by atoms with E-state index in [1.165, 1.54) is 11.8 Å². The van der Waals surface area contributed by atoms with Gasteiger partial charge in [0.2, 0.25) is 0 Å². The van der Waals surface area contributed by atoms with Crippen LogP contribution in [0.5, 0.6) is 0 Å². The van der Waals surface area contributed by atoms with Gasteiger partial charge in [0.05, 0.1) is 6.04 Å². The first-order valence-corrected chi connectivity index (χ1v) is 6.15. The van der Waals surface area contributed by atoms with Gasteiger partial charge in [0.25, 0.3) is 5.91 Å². The van der Waals surface area contributed by atoms with Crippen molar-refractivity contribution < 1.29 is 14.7 Å². The number of rotatable bonds is 3. The lowest BCUT2D eigenvalue weighted by Gasteiger charge is -2.25. The van der Waals surface area contributed by atoms with Crippen LogP contribution in [-0.4, -0.2) is 34.3 Å². The van der Waals surface area contributed by atoms with Gasteiger partial charge in [-0.25, -0.2) is 0 Å². The Morgan fingerprint density at radius 3 is 2.61 bits per heavy atom. The Balaban J connectivity index is 2.14. The highest BCUT2D eigenvalue weighted by atomic mass is 16.3. The third-order valence-electron chi connectivity index (χ3n) is 3.35. The third-order valence-corrected chi connectivity index (χ3v) is 3.35. The molecule has 0 spiro atoms. The van der Waals surface area contributed by atoms with Gasteiger partial charge in [0.1, 0.15) is 0 Å². The van der Waals surface area contributed by atoms with E-state index in [9.17, 15) is 14.7 Å². The molecule has 4 nitrogen and oxygen atoms in total. The van der Waals surface area contributed by atoms with Crippen LogP contribution in [0.3, 0.4) is 0 Å². The van der Waals surface area contributed by atoms with E-state index in [4.69, 9.17) is 0 Å². The van der Waals surface area contributed by atoms with E-state index in [-0.39, 0.29) is 17.7 Å². The molecule has 0 radical (unpaired) electrons. The Bertz CT molecular complexity index is 444. The molecule has 1 aliphatic rings. The van der Waals surface area contributed by atoms with Crippen LogP contribution in [0.4, 0.5) is 0 Å². The topological polar surface area (TPSA) is 57.6 Å². The van der Waals surface area contributed by atoms with Gasteiger partial charge in [-0.3, -0.25) is 9.59 Å². The zero-order valence-electron chi connectivity index (χ0n) is 10.4. The van der Waals surface area contributed by atoms with Crippen LogP contribution < -0.4 is 0 Å². The van der Waals surface area contributed by atoms with Crippen LogP contribution >= 0.6 is 0 Å². The molecule has 2 atom stereocenters. The summed E-state index contributed by atoms with van der Waals surface area (Å²) in [7, 11) is 0. The highest BCUT2D eigenvalue weighted by Crippen LogP contribution is 2.23. The fraction of sp³-hybridized carbons (Fsp3) is 0.429. The third kappa shape index (κ3) is 2.43. The van der Waals surface area contributed by atoms with E-state index in [1.807, 2.05) is 6.07 Å². The van der Waals surface area contributed by atoms with Gasteiger partial charge in [0.15, 0.2) is 11.9 Å². The average Bonchev–Trinajstić information content (AvgIpc) is 2.87. The van der Waals surface area contributed by atoms with Crippen LogP contribution in [-0.2, 0) is 9.59 Å². The van der Waals surface area contributed by atoms with Gasteiger partial charge in [-0.05, 0) is 25.3 Å². The van der Waals surface area contributed by atoms with Gasteiger partial charge in [-0.1, -0.05) is 30.3 Å². The number of benzene rings is 1. The van der Waals surface area contributed by atoms with Crippen LogP contribution in [0.1, 0.15) is 31.4 Å². The summed E-state index contributed by atoms with van der Waals surface area (Å²) in [6.07, 6.45) is 0.339. The summed E-state index contributed by atoms with van der Waals surface area (Å²) in [5.74, 6) is -0.389. The van der Waals surface area contributed by atoms with Crippen molar-refractivity contribution in [3.05, 3.63) is 35.9 Å². The van der Waals surface area contributed by atoms with E-state index in [0.29, 0.717) is 18.5 Å². The van der Waals surface area contributed by atoms with E-state index in [1.54, 1.807) is 24.3 Å². The van der Waals surface area contributed by atoms with Crippen molar-refractivity contribution in [3.8, 4) is 0 Å². The summed E-state index contributed by atoms with van der Waals surface area (Å²) in [6.45, 7) is 2.04. The smallest absolute Gasteiger partial charge is 0.256 e. The number of ketones is 1. The van der Waals surface area contributed by atoms with Gasteiger partial charge in [-0.2, -0.15) is 0 Å². The Morgan fingerprint density at radius 1 is 1.33 bits per heavy atom. The number of aliphatic hydroxyl groups is 1. The first-order chi connectivity index (χ1) is 8.61. The lowest BCUT2D eigenvalue weighted by atomic mass is 10.1. The predicted molar refractivity (Wildman–Crippen MR) is 66.8 cm³/mol. The summed E-state index contributed by atoms with van der Waals surface area (Å²) in [5.41, 5.74) is 0.566. The number of likely N-dealkylation sites (tertiary alicyclic amines) is 1. The molecule has 1 aromatic rings. The highest BCUT2D eigenvalue weighted by Gasteiger charge is 2.35. The van der Waals surface area contributed by atoms with Gasteiger partial charge in [-0.15, -0.1) is 0 Å². The number of carbonyl (C=O) groups is 2. The number of aliphatic hydroxyl groups excluding tert-OH is 1.